The lowest BCUT2D eigenvalue weighted by molar-refractivity contribution is -0.115. The lowest BCUT2D eigenvalue weighted by atomic mass is 10.1. The van der Waals surface area contributed by atoms with Crippen molar-refractivity contribution in [2.24, 2.45) is 0 Å². The Morgan fingerprint density at radius 1 is 1.04 bits per heavy atom. The minimum Gasteiger partial charge on any atom is -0.326 e. The minimum absolute atomic E-state index is 0.0857. The van der Waals surface area contributed by atoms with Crippen molar-refractivity contribution in [2.75, 3.05) is 18.4 Å². The number of amides is 1. The molecule has 1 aliphatic rings. The van der Waals surface area contributed by atoms with Gasteiger partial charge in [-0.3, -0.25) is 4.79 Å². The van der Waals surface area contributed by atoms with Gasteiger partial charge >= 0.3 is 0 Å². The van der Waals surface area contributed by atoms with E-state index in [1.54, 1.807) is 35.5 Å². The van der Waals surface area contributed by atoms with Crippen LogP contribution in [0.3, 0.4) is 0 Å². The van der Waals surface area contributed by atoms with Crippen LogP contribution in [-0.4, -0.2) is 31.7 Å². The van der Waals surface area contributed by atoms with E-state index in [1.807, 2.05) is 0 Å². The minimum atomic E-state index is -3.60. The van der Waals surface area contributed by atoms with Gasteiger partial charge in [-0.2, -0.15) is 4.31 Å². The van der Waals surface area contributed by atoms with Crippen molar-refractivity contribution in [3.8, 4) is 0 Å². The summed E-state index contributed by atoms with van der Waals surface area (Å²) in [5.41, 5.74) is 1.77. The van der Waals surface area contributed by atoms with Crippen molar-refractivity contribution in [3.63, 3.8) is 0 Å². The predicted molar refractivity (Wildman–Crippen MR) is 107 cm³/mol. The second-order valence-corrected chi connectivity index (χ2v) is 9.06. The van der Waals surface area contributed by atoms with E-state index >= 15 is 0 Å². The van der Waals surface area contributed by atoms with E-state index in [-0.39, 0.29) is 23.0 Å². The van der Waals surface area contributed by atoms with E-state index < -0.39 is 10.0 Å². The second-order valence-electron chi connectivity index (χ2n) is 7.15. The SMILES string of the molecule is Cc1ccc(NC(=O)Cc2ccc(F)cc2)cc1S(=O)(=O)N1CCCCCC1. The predicted octanol–water partition coefficient (Wildman–Crippen LogP) is 3.88. The number of nitrogens with one attached hydrogen (secondary N) is 1. The second kappa shape index (κ2) is 8.84. The molecule has 0 bridgehead atoms. The average Bonchev–Trinajstić information content (AvgIpc) is 2.95. The van der Waals surface area contributed by atoms with Crippen LogP contribution in [0.15, 0.2) is 47.4 Å². The molecule has 1 heterocycles. The van der Waals surface area contributed by atoms with Crippen LogP contribution in [-0.2, 0) is 21.2 Å². The van der Waals surface area contributed by atoms with Crippen molar-refractivity contribution in [1.29, 1.82) is 0 Å². The Bertz CT molecular complexity index is 935. The van der Waals surface area contributed by atoms with E-state index in [0.717, 1.165) is 25.7 Å². The summed E-state index contributed by atoms with van der Waals surface area (Å²) in [5.74, 6) is -0.639. The van der Waals surface area contributed by atoms with Crippen LogP contribution in [0.25, 0.3) is 0 Å². The standard InChI is InChI=1S/C21H25FN2O3S/c1-16-6-11-19(23-21(25)14-17-7-9-18(22)10-8-17)15-20(16)28(26,27)24-12-4-2-3-5-13-24/h6-11,15H,2-5,12-14H2,1H3,(H,23,25). The Morgan fingerprint density at radius 2 is 1.68 bits per heavy atom. The van der Waals surface area contributed by atoms with Crippen molar-refractivity contribution in [3.05, 3.63) is 59.4 Å². The van der Waals surface area contributed by atoms with Crippen LogP contribution in [0.1, 0.15) is 36.8 Å². The molecule has 7 heteroatoms. The number of carbonyl (C=O) groups is 1. The Kier molecular flexibility index (Phi) is 6.46. The normalized spacial score (nSPS) is 15.8. The molecule has 1 N–H and O–H groups in total. The van der Waals surface area contributed by atoms with E-state index in [4.69, 9.17) is 0 Å². The third-order valence-electron chi connectivity index (χ3n) is 4.93. The zero-order valence-electron chi connectivity index (χ0n) is 15.9. The number of hydrogen-bond donors (Lipinski definition) is 1. The Morgan fingerprint density at radius 3 is 2.32 bits per heavy atom. The summed E-state index contributed by atoms with van der Waals surface area (Å²) in [5, 5.41) is 2.74. The van der Waals surface area contributed by atoms with Gasteiger partial charge in [0.25, 0.3) is 0 Å². The number of carbonyl (C=O) groups excluding carboxylic acids is 1. The molecule has 150 valence electrons. The van der Waals surface area contributed by atoms with Gasteiger partial charge in [0.05, 0.1) is 11.3 Å². The largest absolute Gasteiger partial charge is 0.326 e. The first-order valence-electron chi connectivity index (χ1n) is 9.51. The number of aryl methyl sites for hydroxylation is 1. The number of anilines is 1. The lowest BCUT2D eigenvalue weighted by Crippen LogP contribution is -2.32. The van der Waals surface area contributed by atoms with Crippen LogP contribution >= 0.6 is 0 Å². The molecule has 0 aromatic heterocycles. The number of sulfonamides is 1. The molecule has 2 aromatic rings. The smallest absolute Gasteiger partial charge is 0.243 e. The van der Waals surface area contributed by atoms with Gasteiger partial charge in [-0.1, -0.05) is 31.0 Å². The summed E-state index contributed by atoms with van der Waals surface area (Å²) < 4.78 is 40.7. The third-order valence-corrected chi connectivity index (χ3v) is 6.97. The third kappa shape index (κ3) is 4.97. The Hall–Kier alpha value is -2.25. The molecule has 0 spiro atoms. The fourth-order valence-corrected chi connectivity index (χ4v) is 5.14. The zero-order valence-corrected chi connectivity index (χ0v) is 16.8. The molecule has 0 aliphatic carbocycles. The molecular weight excluding hydrogens is 379 g/mol. The van der Waals surface area contributed by atoms with Crippen LogP contribution < -0.4 is 5.32 Å². The molecule has 2 aromatic carbocycles. The number of nitrogens with zero attached hydrogens (tertiary/aromatic N) is 1. The van der Waals surface area contributed by atoms with E-state index in [9.17, 15) is 17.6 Å². The van der Waals surface area contributed by atoms with Gasteiger partial charge in [-0.25, -0.2) is 12.8 Å². The molecule has 5 nitrogen and oxygen atoms in total. The summed E-state index contributed by atoms with van der Waals surface area (Å²) in [6.45, 7) is 2.82. The average molecular weight is 405 g/mol. The molecule has 0 unspecified atom stereocenters. The number of halogens is 1. The van der Waals surface area contributed by atoms with Gasteiger partial charge in [0.1, 0.15) is 5.82 Å². The van der Waals surface area contributed by atoms with E-state index in [0.29, 0.717) is 29.9 Å². The van der Waals surface area contributed by atoms with Gasteiger partial charge in [0.2, 0.25) is 15.9 Å². The summed E-state index contributed by atoms with van der Waals surface area (Å²) in [7, 11) is -3.60. The monoisotopic (exact) mass is 404 g/mol. The fourth-order valence-electron chi connectivity index (χ4n) is 3.37. The molecule has 3 rings (SSSR count). The van der Waals surface area contributed by atoms with Crippen LogP contribution in [0, 0.1) is 12.7 Å². The van der Waals surface area contributed by atoms with E-state index in [1.165, 1.54) is 18.2 Å². The maximum atomic E-state index is 13.1. The highest BCUT2D eigenvalue weighted by Crippen LogP contribution is 2.26. The Balaban J connectivity index is 1.76. The van der Waals surface area contributed by atoms with Crippen LogP contribution in [0.2, 0.25) is 0 Å². The highest BCUT2D eigenvalue weighted by molar-refractivity contribution is 7.89. The lowest BCUT2D eigenvalue weighted by Gasteiger charge is -2.21. The molecule has 1 amide bonds. The first kappa shape index (κ1) is 20.5. The Labute approximate surface area is 165 Å². The van der Waals surface area contributed by atoms with Gasteiger partial charge in [0, 0.05) is 18.8 Å². The molecule has 0 atom stereocenters. The molecule has 28 heavy (non-hydrogen) atoms. The van der Waals surface area contributed by atoms with Crippen LogP contribution in [0.4, 0.5) is 10.1 Å². The van der Waals surface area contributed by atoms with Crippen molar-refractivity contribution < 1.29 is 17.6 Å². The number of benzene rings is 2. The molecule has 1 saturated heterocycles. The zero-order chi connectivity index (χ0) is 20.1. The topological polar surface area (TPSA) is 66.5 Å². The first-order chi connectivity index (χ1) is 13.4. The van der Waals surface area contributed by atoms with Gasteiger partial charge < -0.3 is 5.32 Å². The summed E-state index contributed by atoms with van der Waals surface area (Å²) in [6.07, 6.45) is 3.91. The van der Waals surface area contributed by atoms with Gasteiger partial charge in [-0.15, -0.1) is 0 Å². The summed E-state index contributed by atoms with van der Waals surface area (Å²) in [6, 6.07) is 10.6. The van der Waals surface area contributed by atoms with Crippen molar-refractivity contribution >= 4 is 21.6 Å². The van der Waals surface area contributed by atoms with Gasteiger partial charge in [-0.05, 0) is 55.2 Å². The van der Waals surface area contributed by atoms with Crippen molar-refractivity contribution in [2.45, 2.75) is 43.9 Å². The number of hydrogen-bond acceptors (Lipinski definition) is 3. The van der Waals surface area contributed by atoms with E-state index in [2.05, 4.69) is 5.32 Å². The fraction of sp³-hybridized carbons (Fsp3) is 0.381. The highest BCUT2D eigenvalue weighted by Gasteiger charge is 2.27. The molecule has 1 fully saturated rings. The molecule has 1 aliphatic heterocycles. The maximum Gasteiger partial charge on any atom is 0.243 e. The highest BCUT2D eigenvalue weighted by atomic mass is 32.2. The molecule has 0 saturated carbocycles. The molecular formula is C21H25FN2O3S. The first-order valence-corrected chi connectivity index (χ1v) is 11.0. The summed E-state index contributed by atoms with van der Waals surface area (Å²) >= 11 is 0. The van der Waals surface area contributed by atoms with Crippen molar-refractivity contribution in [1.82, 2.24) is 4.31 Å². The number of rotatable bonds is 5. The quantitative estimate of drug-likeness (QED) is 0.822. The van der Waals surface area contributed by atoms with Gasteiger partial charge in [0.15, 0.2) is 0 Å². The maximum absolute atomic E-state index is 13.1. The summed E-state index contributed by atoms with van der Waals surface area (Å²) in [4.78, 5) is 12.5. The van der Waals surface area contributed by atoms with Crippen LogP contribution in [0.5, 0.6) is 0 Å². The molecule has 0 radical (unpaired) electrons.